The highest BCUT2D eigenvalue weighted by Gasteiger charge is 2.29. The van der Waals surface area contributed by atoms with Gasteiger partial charge in [0.15, 0.2) is 6.61 Å². The lowest BCUT2D eigenvalue weighted by molar-refractivity contribution is -0.154. The molecule has 156 valence electrons. The van der Waals surface area contributed by atoms with Gasteiger partial charge in [0.1, 0.15) is 5.78 Å². The molecule has 0 unspecified atom stereocenters. The number of alkyl halides is 3. The van der Waals surface area contributed by atoms with E-state index < -0.39 is 12.8 Å². The molecule has 0 spiro atoms. The van der Waals surface area contributed by atoms with Crippen molar-refractivity contribution in [2.24, 2.45) is 0 Å². The molecule has 9 heteroatoms. The maximum Gasteiger partial charge on any atom is 0.422 e. The van der Waals surface area contributed by atoms with Gasteiger partial charge in [-0.05, 0) is 44.0 Å². The second-order valence-electron chi connectivity index (χ2n) is 6.62. The molecule has 0 fully saturated rings. The first kappa shape index (κ1) is 22.3. The number of Topliss-reactive ketones (excluding diaryl/α,β-unsaturated/α-hetero) is 1. The van der Waals surface area contributed by atoms with Crippen LogP contribution < -0.4 is 10.1 Å². The van der Waals surface area contributed by atoms with Gasteiger partial charge in [-0.2, -0.15) is 13.2 Å². The standard InChI is InChI=1S/C20H22F3N3O3/c1-4-15-7-14(10-25-19(15)29-11-20(21,22)23)9-24-18(28)16-5-12(2)26-17(8-16)6-13(3)27/h5,7-8,10H,4,6,9,11H2,1-3H3,(H,24,28). The molecule has 6 nitrogen and oxygen atoms in total. The van der Waals surface area contributed by atoms with E-state index in [0.29, 0.717) is 34.5 Å². The average Bonchev–Trinajstić information content (AvgIpc) is 2.62. The smallest absolute Gasteiger partial charge is 0.422 e. The van der Waals surface area contributed by atoms with Gasteiger partial charge in [0.05, 0.1) is 0 Å². The predicted octanol–water partition coefficient (Wildman–Crippen LogP) is 3.35. The lowest BCUT2D eigenvalue weighted by Gasteiger charge is -2.13. The van der Waals surface area contributed by atoms with Gasteiger partial charge in [-0.1, -0.05) is 6.92 Å². The third-order valence-electron chi connectivity index (χ3n) is 3.89. The van der Waals surface area contributed by atoms with Crippen molar-refractivity contribution in [1.29, 1.82) is 0 Å². The van der Waals surface area contributed by atoms with Gasteiger partial charge < -0.3 is 10.1 Å². The zero-order valence-electron chi connectivity index (χ0n) is 16.4. The van der Waals surface area contributed by atoms with E-state index in [-0.39, 0.29) is 30.5 Å². The molecule has 0 aliphatic heterocycles. The minimum absolute atomic E-state index is 0.0551. The lowest BCUT2D eigenvalue weighted by atomic mass is 10.1. The Morgan fingerprint density at radius 2 is 1.93 bits per heavy atom. The van der Waals surface area contributed by atoms with Crippen LogP contribution in [0.15, 0.2) is 24.4 Å². The summed E-state index contributed by atoms with van der Waals surface area (Å²) >= 11 is 0. The van der Waals surface area contributed by atoms with E-state index in [0.717, 1.165) is 0 Å². The molecule has 0 atom stereocenters. The molecule has 1 amide bonds. The van der Waals surface area contributed by atoms with Crippen LogP contribution in [0.3, 0.4) is 0 Å². The second kappa shape index (κ2) is 9.49. The van der Waals surface area contributed by atoms with Crippen molar-refractivity contribution in [1.82, 2.24) is 15.3 Å². The molecule has 1 N–H and O–H groups in total. The number of nitrogens with one attached hydrogen (secondary N) is 1. The van der Waals surface area contributed by atoms with Gasteiger partial charge in [0, 0.05) is 41.7 Å². The van der Waals surface area contributed by atoms with Crippen molar-refractivity contribution < 1.29 is 27.5 Å². The lowest BCUT2D eigenvalue weighted by Crippen LogP contribution is -2.24. The number of hydrogen-bond donors (Lipinski definition) is 1. The van der Waals surface area contributed by atoms with Crippen LogP contribution in [0, 0.1) is 6.92 Å². The van der Waals surface area contributed by atoms with Crippen molar-refractivity contribution >= 4 is 11.7 Å². The molecule has 0 bridgehead atoms. The van der Waals surface area contributed by atoms with E-state index in [1.54, 1.807) is 32.0 Å². The van der Waals surface area contributed by atoms with Gasteiger partial charge in [-0.3, -0.25) is 14.6 Å². The molecule has 0 saturated heterocycles. The van der Waals surface area contributed by atoms with Crippen LogP contribution in [0.1, 0.15) is 46.7 Å². The first-order valence-corrected chi connectivity index (χ1v) is 9.00. The summed E-state index contributed by atoms with van der Waals surface area (Å²) < 4.78 is 41.7. The van der Waals surface area contributed by atoms with Crippen molar-refractivity contribution in [3.05, 3.63) is 52.5 Å². The summed E-state index contributed by atoms with van der Waals surface area (Å²) in [4.78, 5) is 31.9. The van der Waals surface area contributed by atoms with Crippen LogP contribution >= 0.6 is 0 Å². The normalized spacial score (nSPS) is 11.2. The minimum atomic E-state index is -4.44. The highest BCUT2D eigenvalue weighted by Crippen LogP contribution is 2.21. The van der Waals surface area contributed by atoms with Crippen LogP contribution in [0.25, 0.3) is 0 Å². The highest BCUT2D eigenvalue weighted by molar-refractivity contribution is 5.94. The Hall–Kier alpha value is -2.97. The Kier molecular flexibility index (Phi) is 7.30. The first-order valence-electron chi connectivity index (χ1n) is 9.00. The number of nitrogens with zero attached hydrogens (tertiary/aromatic N) is 2. The zero-order valence-corrected chi connectivity index (χ0v) is 16.4. The molecule has 29 heavy (non-hydrogen) atoms. The fourth-order valence-corrected chi connectivity index (χ4v) is 2.68. The number of amides is 1. The molecule has 0 aliphatic rings. The van der Waals surface area contributed by atoms with E-state index in [1.165, 1.54) is 13.1 Å². The Labute approximate surface area is 166 Å². The van der Waals surface area contributed by atoms with Gasteiger partial charge >= 0.3 is 6.18 Å². The Morgan fingerprint density at radius 3 is 2.55 bits per heavy atom. The van der Waals surface area contributed by atoms with Crippen molar-refractivity contribution in [2.75, 3.05) is 6.61 Å². The summed E-state index contributed by atoms with van der Waals surface area (Å²) in [6.07, 6.45) is -2.50. The largest absolute Gasteiger partial charge is 0.468 e. The molecule has 2 rings (SSSR count). The monoisotopic (exact) mass is 409 g/mol. The van der Waals surface area contributed by atoms with Crippen LogP contribution in [0.2, 0.25) is 0 Å². The van der Waals surface area contributed by atoms with Gasteiger partial charge in [-0.15, -0.1) is 0 Å². The maximum atomic E-state index is 12.4. The predicted molar refractivity (Wildman–Crippen MR) is 99.7 cm³/mol. The first-order chi connectivity index (χ1) is 13.6. The SMILES string of the molecule is CCc1cc(CNC(=O)c2cc(C)nc(CC(C)=O)c2)cnc1OCC(F)(F)F. The van der Waals surface area contributed by atoms with Crippen LogP contribution in [-0.4, -0.2) is 34.4 Å². The number of aromatic nitrogens is 2. The minimum Gasteiger partial charge on any atom is -0.468 e. The van der Waals surface area contributed by atoms with E-state index in [1.807, 2.05) is 0 Å². The Morgan fingerprint density at radius 1 is 1.21 bits per heavy atom. The number of rotatable bonds is 8. The molecule has 2 aromatic heterocycles. The summed E-state index contributed by atoms with van der Waals surface area (Å²) in [6, 6.07) is 4.83. The quantitative estimate of drug-likeness (QED) is 0.723. The summed E-state index contributed by atoms with van der Waals surface area (Å²) in [6.45, 7) is 3.69. The van der Waals surface area contributed by atoms with E-state index >= 15 is 0 Å². The topological polar surface area (TPSA) is 81.2 Å². The number of aryl methyl sites for hydroxylation is 2. The number of halogens is 3. The summed E-state index contributed by atoms with van der Waals surface area (Å²) in [5.41, 5.74) is 2.66. The number of carbonyl (C=O) groups is 2. The van der Waals surface area contributed by atoms with Gasteiger partial charge in [0.2, 0.25) is 5.88 Å². The summed E-state index contributed by atoms with van der Waals surface area (Å²) in [5.74, 6) is -0.477. The average molecular weight is 409 g/mol. The van der Waals surface area contributed by atoms with Crippen LogP contribution in [-0.2, 0) is 24.2 Å². The van der Waals surface area contributed by atoms with Crippen molar-refractivity contribution in [3.8, 4) is 5.88 Å². The number of hydrogen-bond acceptors (Lipinski definition) is 5. The third-order valence-corrected chi connectivity index (χ3v) is 3.89. The number of ketones is 1. The third kappa shape index (κ3) is 7.17. The number of carbonyl (C=O) groups excluding carboxylic acids is 2. The Balaban J connectivity index is 2.06. The number of pyridine rings is 2. The molecule has 0 aliphatic carbocycles. The summed E-state index contributed by atoms with van der Waals surface area (Å²) in [7, 11) is 0. The van der Waals surface area contributed by atoms with Crippen molar-refractivity contribution in [2.45, 2.75) is 46.3 Å². The van der Waals surface area contributed by atoms with Gasteiger partial charge in [0.25, 0.3) is 5.91 Å². The van der Waals surface area contributed by atoms with E-state index in [9.17, 15) is 22.8 Å². The van der Waals surface area contributed by atoms with Crippen LogP contribution in [0.5, 0.6) is 5.88 Å². The highest BCUT2D eigenvalue weighted by atomic mass is 19.4. The molecule has 0 saturated carbocycles. The van der Waals surface area contributed by atoms with Crippen molar-refractivity contribution in [3.63, 3.8) is 0 Å². The molecular weight excluding hydrogens is 387 g/mol. The second-order valence-corrected chi connectivity index (χ2v) is 6.62. The zero-order chi connectivity index (χ0) is 21.6. The van der Waals surface area contributed by atoms with E-state index in [2.05, 4.69) is 15.3 Å². The molecule has 2 heterocycles. The fourth-order valence-electron chi connectivity index (χ4n) is 2.68. The van der Waals surface area contributed by atoms with Gasteiger partial charge in [-0.25, -0.2) is 4.98 Å². The maximum absolute atomic E-state index is 12.4. The Bertz CT molecular complexity index is 898. The molecule has 2 aromatic rings. The fraction of sp³-hybridized carbons (Fsp3) is 0.400. The molecular formula is C20H22F3N3O3. The van der Waals surface area contributed by atoms with E-state index in [4.69, 9.17) is 4.74 Å². The molecule has 0 aromatic carbocycles. The molecule has 0 radical (unpaired) electrons. The summed E-state index contributed by atoms with van der Waals surface area (Å²) in [5, 5.41) is 2.74. The van der Waals surface area contributed by atoms with Crippen LogP contribution in [0.4, 0.5) is 13.2 Å². The number of ether oxygens (including phenoxy) is 1.